The van der Waals surface area contributed by atoms with E-state index in [-0.39, 0.29) is 0 Å². The summed E-state index contributed by atoms with van der Waals surface area (Å²) < 4.78 is 4.93. The van der Waals surface area contributed by atoms with Gasteiger partial charge in [-0.2, -0.15) is 9.97 Å². The summed E-state index contributed by atoms with van der Waals surface area (Å²) in [5.74, 6) is 2.24. The van der Waals surface area contributed by atoms with Crippen molar-refractivity contribution in [1.82, 2.24) is 15.0 Å². The van der Waals surface area contributed by atoms with Crippen molar-refractivity contribution < 1.29 is 4.74 Å². The molecule has 0 amide bonds. The Morgan fingerprint density at radius 3 is 2.77 bits per heavy atom. The fraction of sp³-hybridized carbons (Fsp3) is 0.625. The van der Waals surface area contributed by atoms with Crippen LogP contribution < -0.4 is 5.73 Å². The Kier molecular flexibility index (Phi) is 2.10. The summed E-state index contributed by atoms with van der Waals surface area (Å²) in [5.41, 5.74) is 5.54. The summed E-state index contributed by atoms with van der Waals surface area (Å²) >= 11 is 0. The van der Waals surface area contributed by atoms with E-state index in [1.54, 1.807) is 7.11 Å². The molecule has 1 aliphatic carbocycles. The summed E-state index contributed by atoms with van der Waals surface area (Å²) in [4.78, 5) is 12.3. The third-order valence-corrected chi connectivity index (χ3v) is 1.93. The van der Waals surface area contributed by atoms with Crippen LogP contribution in [0.25, 0.3) is 0 Å². The van der Waals surface area contributed by atoms with Gasteiger partial charge in [0.1, 0.15) is 12.4 Å². The van der Waals surface area contributed by atoms with E-state index >= 15 is 0 Å². The molecule has 1 fully saturated rings. The lowest BCUT2D eigenvalue weighted by Gasteiger charge is -2.02. The van der Waals surface area contributed by atoms with Gasteiger partial charge in [-0.25, -0.2) is 4.98 Å². The van der Waals surface area contributed by atoms with Gasteiger partial charge >= 0.3 is 0 Å². The second-order valence-corrected chi connectivity index (χ2v) is 3.18. The maximum Gasteiger partial charge on any atom is 0.223 e. The van der Waals surface area contributed by atoms with Gasteiger partial charge in [-0.05, 0) is 12.8 Å². The molecule has 13 heavy (non-hydrogen) atoms. The molecule has 0 saturated heterocycles. The first-order valence-electron chi connectivity index (χ1n) is 4.29. The van der Waals surface area contributed by atoms with Crippen LogP contribution in [0.2, 0.25) is 0 Å². The van der Waals surface area contributed by atoms with Crippen molar-refractivity contribution >= 4 is 5.95 Å². The average Bonchev–Trinajstić information content (AvgIpc) is 2.85. The van der Waals surface area contributed by atoms with E-state index in [4.69, 9.17) is 10.5 Å². The van der Waals surface area contributed by atoms with E-state index in [2.05, 4.69) is 15.0 Å². The highest BCUT2D eigenvalue weighted by molar-refractivity contribution is 5.19. The van der Waals surface area contributed by atoms with Gasteiger partial charge in [0.05, 0.1) is 0 Å². The zero-order chi connectivity index (χ0) is 9.26. The molecule has 0 aromatic carbocycles. The number of hydrogen-bond acceptors (Lipinski definition) is 5. The molecule has 0 atom stereocenters. The highest BCUT2D eigenvalue weighted by atomic mass is 16.5. The molecule has 5 heteroatoms. The summed E-state index contributed by atoms with van der Waals surface area (Å²) in [7, 11) is 1.61. The molecule has 1 saturated carbocycles. The van der Waals surface area contributed by atoms with E-state index < -0.39 is 0 Å². The van der Waals surface area contributed by atoms with Crippen molar-refractivity contribution in [2.45, 2.75) is 25.4 Å². The summed E-state index contributed by atoms with van der Waals surface area (Å²) in [5, 5.41) is 0. The number of nitrogens with two attached hydrogens (primary N) is 1. The average molecular weight is 180 g/mol. The highest BCUT2D eigenvalue weighted by Gasteiger charge is 2.27. The minimum absolute atomic E-state index is 0.295. The summed E-state index contributed by atoms with van der Waals surface area (Å²) in [6.07, 6.45) is 2.33. The van der Waals surface area contributed by atoms with Gasteiger partial charge in [0.25, 0.3) is 0 Å². The monoisotopic (exact) mass is 180 g/mol. The van der Waals surface area contributed by atoms with Crippen molar-refractivity contribution in [2.75, 3.05) is 12.8 Å². The molecule has 0 aliphatic heterocycles. The van der Waals surface area contributed by atoms with Crippen molar-refractivity contribution in [3.63, 3.8) is 0 Å². The lowest BCUT2D eigenvalue weighted by Crippen LogP contribution is -2.07. The lowest BCUT2D eigenvalue weighted by atomic mass is 10.4. The molecule has 0 radical (unpaired) electrons. The molecule has 1 aliphatic rings. The minimum atomic E-state index is 0.295. The van der Waals surface area contributed by atoms with Crippen LogP contribution in [-0.4, -0.2) is 22.1 Å². The predicted molar refractivity (Wildman–Crippen MR) is 46.9 cm³/mol. The molecule has 0 unspecified atom stereocenters. The molecule has 2 N–H and O–H groups in total. The van der Waals surface area contributed by atoms with Crippen molar-refractivity contribution in [2.24, 2.45) is 0 Å². The van der Waals surface area contributed by atoms with Crippen molar-refractivity contribution in [3.8, 4) is 0 Å². The van der Waals surface area contributed by atoms with Crippen LogP contribution in [0.15, 0.2) is 0 Å². The molecule has 2 rings (SSSR count). The largest absolute Gasteiger partial charge is 0.377 e. The van der Waals surface area contributed by atoms with Crippen LogP contribution in [0.1, 0.15) is 30.4 Å². The molecule has 70 valence electrons. The number of rotatable bonds is 3. The molecule has 1 heterocycles. The number of aromatic nitrogens is 3. The Morgan fingerprint density at radius 1 is 1.38 bits per heavy atom. The van der Waals surface area contributed by atoms with Crippen molar-refractivity contribution in [1.29, 1.82) is 0 Å². The van der Waals surface area contributed by atoms with Crippen LogP contribution in [-0.2, 0) is 11.3 Å². The zero-order valence-corrected chi connectivity index (χ0v) is 7.53. The second-order valence-electron chi connectivity index (χ2n) is 3.18. The Balaban J connectivity index is 2.25. The number of methoxy groups -OCH3 is 1. The third kappa shape index (κ3) is 1.92. The standard InChI is InChI=1S/C8H12N4O/c1-13-4-6-10-7(5-2-3-5)12-8(9)11-6/h5H,2-4H2,1H3,(H2,9,10,11,12). The number of nitrogen functional groups attached to an aromatic ring is 1. The third-order valence-electron chi connectivity index (χ3n) is 1.93. The topological polar surface area (TPSA) is 73.9 Å². The van der Waals surface area contributed by atoms with E-state index in [0.717, 1.165) is 18.7 Å². The Bertz CT molecular complexity index is 311. The number of anilines is 1. The number of ether oxygens (including phenoxy) is 1. The van der Waals surface area contributed by atoms with Gasteiger partial charge in [-0.3, -0.25) is 0 Å². The molecule has 0 spiro atoms. The van der Waals surface area contributed by atoms with E-state index in [9.17, 15) is 0 Å². The second kappa shape index (κ2) is 3.26. The number of nitrogens with zero attached hydrogens (tertiary/aromatic N) is 3. The highest BCUT2D eigenvalue weighted by Crippen LogP contribution is 2.37. The molecule has 1 aromatic heterocycles. The first kappa shape index (κ1) is 8.37. The normalized spacial score (nSPS) is 16.1. The molecule has 5 nitrogen and oxygen atoms in total. The maximum absolute atomic E-state index is 5.54. The zero-order valence-electron chi connectivity index (χ0n) is 7.53. The predicted octanol–water partition coefficient (Wildman–Crippen LogP) is 0.478. The van der Waals surface area contributed by atoms with Crippen LogP contribution in [0.3, 0.4) is 0 Å². The van der Waals surface area contributed by atoms with Gasteiger partial charge in [-0.1, -0.05) is 0 Å². The first-order chi connectivity index (χ1) is 6.29. The molecular weight excluding hydrogens is 168 g/mol. The fourth-order valence-electron chi connectivity index (χ4n) is 1.17. The number of hydrogen-bond donors (Lipinski definition) is 1. The van der Waals surface area contributed by atoms with Crippen LogP contribution in [0.4, 0.5) is 5.95 Å². The SMILES string of the molecule is COCc1nc(N)nc(C2CC2)n1. The maximum atomic E-state index is 5.54. The van der Waals surface area contributed by atoms with Crippen LogP contribution in [0.5, 0.6) is 0 Å². The fourth-order valence-corrected chi connectivity index (χ4v) is 1.17. The summed E-state index contributed by atoms with van der Waals surface area (Å²) in [6.45, 7) is 0.395. The Morgan fingerprint density at radius 2 is 2.15 bits per heavy atom. The minimum Gasteiger partial charge on any atom is -0.377 e. The smallest absolute Gasteiger partial charge is 0.223 e. The van der Waals surface area contributed by atoms with Gasteiger partial charge < -0.3 is 10.5 Å². The van der Waals surface area contributed by atoms with Crippen LogP contribution >= 0.6 is 0 Å². The van der Waals surface area contributed by atoms with E-state index in [1.807, 2.05) is 0 Å². The molecule has 0 bridgehead atoms. The van der Waals surface area contributed by atoms with Gasteiger partial charge in [0.2, 0.25) is 5.95 Å². The van der Waals surface area contributed by atoms with Crippen LogP contribution in [0, 0.1) is 0 Å². The van der Waals surface area contributed by atoms with E-state index in [1.165, 1.54) is 0 Å². The summed E-state index contributed by atoms with van der Waals surface area (Å²) in [6, 6.07) is 0. The molecule has 1 aromatic rings. The molecular formula is C8H12N4O. The van der Waals surface area contributed by atoms with Gasteiger partial charge in [-0.15, -0.1) is 0 Å². The van der Waals surface area contributed by atoms with Gasteiger partial charge in [0, 0.05) is 13.0 Å². The Hall–Kier alpha value is -1.23. The van der Waals surface area contributed by atoms with Crippen molar-refractivity contribution in [3.05, 3.63) is 11.6 Å². The quantitative estimate of drug-likeness (QED) is 0.732. The Labute approximate surface area is 76.4 Å². The van der Waals surface area contributed by atoms with Gasteiger partial charge in [0.15, 0.2) is 5.82 Å². The lowest BCUT2D eigenvalue weighted by molar-refractivity contribution is 0.177. The first-order valence-corrected chi connectivity index (χ1v) is 4.29. The van der Waals surface area contributed by atoms with E-state index in [0.29, 0.717) is 24.3 Å².